The van der Waals surface area contributed by atoms with Crippen LogP contribution in [0.2, 0.25) is 0 Å². The first kappa shape index (κ1) is 24.4. The number of hydrogen-bond acceptors (Lipinski definition) is 0. The molecule has 0 atom stereocenters. The van der Waals surface area contributed by atoms with Gasteiger partial charge in [-0.05, 0) is 68.1 Å². The Hall–Kier alpha value is -1.83. The Morgan fingerprint density at radius 1 is 1.00 bits per heavy atom. The average molecular weight is 427 g/mol. The standard InChI is InChI=1S/C25H31F5/c1-2-3-4-5-8-19-11-13-20(14-12-19)9-6-7-10-21-17-23(26)22(24(27)18-21)15-16-25(28,29)30/h6,9,17-20H,2-5,7-8,10-14H2,1H3/b9-6+. The summed E-state index contributed by atoms with van der Waals surface area (Å²) in [6, 6.07) is 2.14. The molecule has 1 aromatic carbocycles. The Morgan fingerprint density at radius 2 is 1.67 bits per heavy atom. The molecule has 0 heterocycles. The molecule has 0 unspecified atom stereocenters. The van der Waals surface area contributed by atoms with Gasteiger partial charge >= 0.3 is 6.18 Å². The van der Waals surface area contributed by atoms with Gasteiger partial charge in [0, 0.05) is 5.92 Å². The third-order valence-electron chi connectivity index (χ3n) is 5.80. The van der Waals surface area contributed by atoms with Crippen molar-refractivity contribution < 1.29 is 22.0 Å². The number of halogens is 5. The van der Waals surface area contributed by atoms with Gasteiger partial charge in [-0.2, -0.15) is 13.2 Å². The van der Waals surface area contributed by atoms with Crippen LogP contribution in [0, 0.1) is 35.3 Å². The molecule has 0 saturated heterocycles. The van der Waals surface area contributed by atoms with E-state index in [2.05, 4.69) is 19.1 Å². The molecule has 166 valence electrons. The first-order valence-corrected chi connectivity index (χ1v) is 11.0. The Balaban J connectivity index is 1.76. The quantitative estimate of drug-likeness (QED) is 0.162. The van der Waals surface area contributed by atoms with Crippen molar-refractivity contribution in [3.8, 4) is 11.8 Å². The van der Waals surface area contributed by atoms with Crippen molar-refractivity contribution in [3.63, 3.8) is 0 Å². The first-order valence-electron chi connectivity index (χ1n) is 11.0. The molecule has 2 rings (SSSR count). The van der Waals surface area contributed by atoms with Crippen LogP contribution in [0.3, 0.4) is 0 Å². The van der Waals surface area contributed by atoms with Crippen LogP contribution in [0.4, 0.5) is 22.0 Å². The highest BCUT2D eigenvalue weighted by Crippen LogP contribution is 2.32. The third-order valence-corrected chi connectivity index (χ3v) is 5.80. The minimum absolute atomic E-state index is 0.419. The summed E-state index contributed by atoms with van der Waals surface area (Å²) >= 11 is 0. The summed E-state index contributed by atoms with van der Waals surface area (Å²) in [7, 11) is 0. The van der Waals surface area contributed by atoms with Crippen molar-refractivity contribution in [2.45, 2.75) is 83.7 Å². The van der Waals surface area contributed by atoms with Crippen molar-refractivity contribution in [3.05, 3.63) is 47.0 Å². The zero-order chi connectivity index (χ0) is 22.0. The lowest BCUT2D eigenvalue weighted by molar-refractivity contribution is -0.0696. The molecule has 1 saturated carbocycles. The van der Waals surface area contributed by atoms with Gasteiger partial charge in [-0.3, -0.25) is 0 Å². The van der Waals surface area contributed by atoms with Gasteiger partial charge in [-0.15, -0.1) is 0 Å². The number of hydrogen-bond donors (Lipinski definition) is 0. The smallest absolute Gasteiger partial charge is 0.206 e. The number of allylic oxidation sites excluding steroid dienone is 2. The monoisotopic (exact) mass is 426 g/mol. The molecule has 1 fully saturated rings. The Labute approximate surface area is 176 Å². The maximum absolute atomic E-state index is 13.9. The number of benzene rings is 1. The van der Waals surface area contributed by atoms with Crippen molar-refractivity contribution in [1.29, 1.82) is 0 Å². The first-order chi connectivity index (χ1) is 14.3. The maximum Gasteiger partial charge on any atom is 0.458 e. The Morgan fingerprint density at radius 3 is 2.27 bits per heavy atom. The second-order valence-corrected chi connectivity index (χ2v) is 8.28. The van der Waals surface area contributed by atoms with E-state index in [-0.39, 0.29) is 0 Å². The zero-order valence-corrected chi connectivity index (χ0v) is 17.6. The third kappa shape index (κ3) is 8.90. The lowest BCUT2D eigenvalue weighted by atomic mass is 9.79. The van der Waals surface area contributed by atoms with Gasteiger partial charge in [0.05, 0.1) is 5.56 Å². The number of unbranched alkanes of at least 4 members (excludes halogenated alkanes) is 3. The molecule has 0 aliphatic heterocycles. The van der Waals surface area contributed by atoms with E-state index in [1.807, 2.05) is 0 Å². The molecule has 0 N–H and O–H groups in total. The molecule has 5 heteroatoms. The number of alkyl halides is 3. The second kappa shape index (κ2) is 12.1. The van der Waals surface area contributed by atoms with E-state index in [4.69, 9.17) is 0 Å². The molecule has 0 amide bonds. The normalized spacial score (nSPS) is 19.7. The van der Waals surface area contributed by atoms with Crippen LogP contribution in [0.1, 0.15) is 82.3 Å². The summed E-state index contributed by atoms with van der Waals surface area (Å²) in [6.45, 7) is 2.23. The number of rotatable bonds is 9. The van der Waals surface area contributed by atoms with E-state index < -0.39 is 23.4 Å². The second-order valence-electron chi connectivity index (χ2n) is 8.28. The topological polar surface area (TPSA) is 0 Å². The molecule has 1 aliphatic carbocycles. The molecular formula is C25H31F5. The van der Waals surface area contributed by atoms with Gasteiger partial charge in [-0.25, -0.2) is 8.78 Å². The number of aryl methyl sites for hydroxylation is 1. The summed E-state index contributed by atoms with van der Waals surface area (Å²) < 4.78 is 64.2. The molecule has 0 radical (unpaired) electrons. The highest BCUT2D eigenvalue weighted by atomic mass is 19.4. The van der Waals surface area contributed by atoms with Gasteiger partial charge in [0.25, 0.3) is 0 Å². The van der Waals surface area contributed by atoms with Crippen molar-refractivity contribution in [2.75, 3.05) is 0 Å². The van der Waals surface area contributed by atoms with Crippen LogP contribution in [0.25, 0.3) is 0 Å². The summed E-state index contributed by atoms with van der Waals surface area (Å²) in [5.74, 6) is 1.78. The van der Waals surface area contributed by atoms with Crippen LogP contribution in [0.5, 0.6) is 0 Å². The molecule has 1 aliphatic rings. The maximum atomic E-state index is 13.9. The van der Waals surface area contributed by atoms with Crippen molar-refractivity contribution in [2.24, 2.45) is 11.8 Å². The average Bonchev–Trinajstić information content (AvgIpc) is 2.68. The molecule has 0 aromatic heterocycles. The van der Waals surface area contributed by atoms with Crippen LogP contribution in [-0.4, -0.2) is 6.18 Å². The van der Waals surface area contributed by atoms with Gasteiger partial charge < -0.3 is 0 Å². The molecule has 0 bridgehead atoms. The van der Waals surface area contributed by atoms with E-state index in [0.29, 0.717) is 24.3 Å². The lowest BCUT2D eigenvalue weighted by Crippen LogP contribution is -2.13. The summed E-state index contributed by atoms with van der Waals surface area (Å²) in [6.07, 6.45) is 12.1. The summed E-state index contributed by atoms with van der Waals surface area (Å²) in [4.78, 5) is 0. The Bertz CT molecular complexity index is 720. The fourth-order valence-electron chi connectivity index (χ4n) is 4.09. The van der Waals surface area contributed by atoms with Crippen LogP contribution in [0.15, 0.2) is 24.3 Å². The molecule has 0 nitrogen and oxygen atoms in total. The molecule has 1 aromatic rings. The summed E-state index contributed by atoms with van der Waals surface area (Å²) in [5.41, 5.74) is -0.416. The minimum atomic E-state index is -4.78. The fraction of sp³-hybridized carbons (Fsp3) is 0.600. The van der Waals surface area contributed by atoms with Gasteiger partial charge in [0.1, 0.15) is 11.6 Å². The SMILES string of the molecule is CCCCCCC1CCC(/C=C/CCc2cc(F)c(C#CC(F)(F)F)c(F)c2)CC1. The van der Waals surface area contributed by atoms with Gasteiger partial charge in [0.15, 0.2) is 0 Å². The highest BCUT2D eigenvalue weighted by molar-refractivity contribution is 5.40. The van der Waals surface area contributed by atoms with E-state index in [1.54, 1.807) is 5.92 Å². The zero-order valence-electron chi connectivity index (χ0n) is 17.6. The molecule has 0 spiro atoms. The highest BCUT2D eigenvalue weighted by Gasteiger charge is 2.23. The molecule has 30 heavy (non-hydrogen) atoms. The largest absolute Gasteiger partial charge is 0.458 e. The predicted molar refractivity (Wildman–Crippen MR) is 111 cm³/mol. The Kier molecular flexibility index (Phi) is 9.88. The van der Waals surface area contributed by atoms with E-state index >= 15 is 0 Å². The summed E-state index contributed by atoms with van der Waals surface area (Å²) in [5, 5.41) is 0. The fourth-order valence-corrected chi connectivity index (χ4v) is 4.09. The van der Waals surface area contributed by atoms with Gasteiger partial charge in [-0.1, -0.05) is 57.1 Å². The van der Waals surface area contributed by atoms with Crippen LogP contribution >= 0.6 is 0 Å². The van der Waals surface area contributed by atoms with Crippen LogP contribution < -0.4 is 0 Å². The lowest BCUT2D eigenvalue weighted by Gasteiger charge is -2.26. The van der Waals surface area contributed by atoms with E-state index in [0.717, 1.165) is 24.0 Å². The predicted octanol–water partition coefficient (Wildman–Crippen LogP) is 8.14. The van der Waals surface area contributed by atoms with E-state index in [9.17, 15) is 22.0 Å². The van der Waals surface area contributed by atoms with Crippen molar-refractivity contribution >= 4 is 0 Å². The van der Waals surface area contributed by atoms with E-state index in [1.165, 1.54) is 57.8 Å². The molecular weight excluding hydrogens is 395 g/mol. The van der Waals surface area contributed by atoms with Crippen LogP contribution in [-0.2, 0) is 6.42 Å². The van der Waals surface area contributed by atoms with Gasteiger partial charge in [0.2, 0.25) is 0 Å². The van der Waals surface area contributed by atoms with Crippen molar-refractivity contribution in [1.82, 2.24) is 0 Å². The minimum Gasteiger partial charge on any atom is -0.206 e.